The fraction of sp³-hybridized carbons (Fsp3) is 0.571. The Morgan fingerprint density at radius 2 is 1.85 bits per heavy atom. The SMILES string of the molecule is Cc1cccc(S(=O)(=O)NC2CC3CCC(C2)N3)c1.Cl. The van der Waals surface area contributed by atoms with Crippen molar-refractivity contribution >= 4 is 22.4 Å². The van der Waals surface area contributed by atoms with E-state index < -0.39 is 10.0 Å². The van der Waals surface area contributed by atoms with Gasteiger partial charge in [-0.1, -0.05) is 12.1 Å². The minimum Gasteiger partial charge on any atom is -0.311 e. The summed E-state index contributed by atoms with van der Waals surface area (Å²) in [6, 6.07) is 8.13. The summed E-state index contributed by atoms with van der Waals surface area (Å²) in [5.74, 6) is 0. The Bertz CT molecular complexity index is 564. The smallest absolute Gasteiger partial charge is 0.240 e. The van der Waals surface area contributed by atoms with Crippen molar-refractivity contribution in [3.05, 3.63) is 29.8 Å². The number of benzene rings is 1. The number of fused-ring (bicyclic) bond motifs is 2. The van der Waals surface area contributed by atoms with Crippen LogP contribution >= 0.6 is 12.4 Å². The molecule has 1 aromatic carbocycles. The fourth-order valence-electron chi connectivity index (χ4n) is 3.22. The van der Waals surface area contributed by atoms with Crippen LogP contribution in [-0.4, -0.2) is 26.5 Å². The molecule has 2 bridgehead atoms. The van der Waals surface area contributed by atoms with Gasteiger partial charge in [0.2, 0.25) is 10.0 Å². The highest BCUT2D eigenvalue weighted by Crippen LogP contribution is 2.27. The molecule has 20 heavy (non-hydrogen) atoms. The van der Waals surface area contributed by atoms with Crippen molar-refractivity contribution in [2.75, 3.05) is 0 Å². The van der Waals surface area contributed by atoms with Crippen molar-refractivity contribution in [3.63, 3.8) is 0 Å². The highest BCUT2D eigenvalue weighted by Gasteiger charge is 2.35. The largest absolute Gasteiger partial charge is 0.311 e. The number of piperidine rings is 1. The molecule has 3 rings (SSSR count). The minimum atomic E-state index is -3.38. The highest BCUT2D eigenvalue weighted by molar-refractivity contribution is 7.89. The monoisotopic (exact) mass is 316 g/mol. The number of halogens is 1. The van der Waals surface area contributed by atoms with E-state index in [0.29, 0.717) is 17.0 Å². The molecule has 2 fully saturated rings. The molecule has 2 heterocycles. The molecule has 0 amide bonds. The molecule has 2 N–H and O–H groups in total. The molecule has 6 heteroatoms. The number of rotatable bonds is 3. The van der Waals surface area contributed by atoms with E-state index in [0.717, 1.165) is 18.4 Å². The summed E-state index contributed by atoms with van der Waals surface area (Å²) in [5.41, 5.74) is 0.966. The Labute approximate surface area is 126 Å². The molecule has 2 aliphatic heterocycles. The maximum absolute atomic E-state index is 12.4. The molecule has 0 radical (unpaired) electrons. The lowest BCUT2D eigenvalue weighted by Gasteiger charge is -2.29. The van der Waals surface area contributed by atoms with Crippen LogP contribution in [0.4, 0.5) is 0 Å². The van der Waals surface area contributed by atoms with Gasteiger partial charge >= 0.3 is 0 Å². The van der Waals surface area contributed by atoms with Crippen LogP contribution in [0.25, 0.3) is 0 Å². The predicted octanol–water partition coefficient (Wildman–Crippen LogP) is 1.98. The van der Waals surface area contributed by atoms with Crippen molar-refractivity contribution in [1.29, 1.82) is 0 Å². The molecule has 0 aliphatic carbocycles. The summed E-state index contributed by atoms with van der Waals surface area (Å²) < 4.78 is 27.6. The van der Waals surface area contributed by atoms with Crippen molar-refractivity contribution in [1.82, 2.24) is 10.0 Å². The number of nitrogens with one attached hydrogen (secondary N) is 2. The van der Waals surface area contributed by atoms with Crippen molar-refractivity contribution in [2.24, 2.45) is 0 Å². The number of sulfonamides is 1. The average molecular weight is 317 g/mol. The molecule has 2 saturated heterocycles. The Hall–Kier alpha value is -0.620. The zero-order valence-electron chi connectivity index (χ0n) is 11.5. The third kappa shape index (κ3) is 3.34. The first-order valence-corrected chi connectivity index (χ1v) is 8.36. The van der Waals surface area contributed by atoms with Gasteiger partial charge in [0, 0.05) is 18.1 Å². The van der Waals surface area contributed by atoms with Gasteiger partial charge in [0.15, 0.2) is 0 Å². The van der Waals surface area contributed by atoms with E-state index in [2.05, 4.69) is 10.0 Å². The van der Waals surface area contributed by atoms with E-state index in [1.165, 1.54) is 12.8 Å². The van der Waals surface area contributed by atoms with Gasteiger partial charge < -0.3 is 5.32 Å². The van der Waals surface area contributed by atoms with Crippen LogP contribution < -0.4 is 10.0 Å². The first-order chi connectivity index (χ1) is 9.03. The number of aryl methyl sites for hydroxylation is 1. The maximum atomic E-state index is 12.4. The molecular formula is C14H21ClN2O2S. The quantitative estimate of drug-likeness (QED) is 0.896. The summed E-state index contributed by atoms with van der Waals surface area (Å²) in [6.07, 6.45) is 4.16. The van der Waals surface area contributed by atoms with Crippen LogP contribution in [0.3, 0.4) is 0 Å². The van der Waals surface area contributed by atoms with Gasteiger partial charge in [-0.3, -0.25) is 0 Å². The van der Waals surface area contributed by atoms with Crippen LogP contribution in [0.15, 0.2) is 29.2 Å². The van der Waals surface area contributed by atoms with Crippen molar-refractivity contribution < 1.29 is 8.42 Å². The van der Waals surface area contributed by atoms with Crippen LogP contribution in [0.1, 0.15) is 31.2 Å². The van der Waals surface area contributed by atoms with E-state index in [4.69, 9.17) is 0 Å². The zero-order chi connectivity index (χ0) is 13.5. The standard InChI is InChI=1S/C14H20N2O2S.ClH/c1-10-3-2-4-14(7-10)19(17,18)16-13-8-11-5-6-12(9-13)15-11;/h2-4,7,11-13,15-16H,5-6,8-9H2,1H3;1H. The van der Waals surface area contributed by atoms with E-state index in [-0.39, 0.29) is 18.4 Å². The molecule has 0 aromatic heterocycles. The Balaban J connectivity index is 0.00000147. The van der Waals surface area contributed by atoms with Gasteiger partial charge in [-0.2, -0.15) is 0 Å². The number of hydrogen-bond donors (Lipinski definition) is 2. The van der Waals surface area contributed by atoms with Crippen LogP contribution in [-0.2, 0) is 10.0 Å². The summed E-state index contributed by atoms with van der Waals surface area (Å²) in [5, 5.41) is 3.52. The van der Waals surface area contributed by atoms with Gasteiger partial charge in [-0.15, -0.1) is 12.4 Å². The second kappa shape index (κ2) is 6.02. The Morgan fingerprint density at radius 1 is 1.20 bits per heavy atom. The third-order valence-electron chi connectivity index (χ3n) is 4.09. The van der Waals surface area contributed by atoms with Gasteiger partial charge in [0.05, 0.1) is 4.90 Å². The summed E-state index contributed by atoms with van der Waals surface area (Å²) in [6.45, 7) is 1.91. The second-order valence-corrected chi connectivity index (χ2v) is 7.46. The van der Waals surface area contributed by atoms with E-state index in [1.807, 2.05) is 13.0 Å². The molecule has 1 aromatic rings. The third-order valence-corrected chi connectivity index (χ3v) is 5.61. The first kappa shape index (κ1) is 15.8. The van der Waals surface area contributed by atoms with E-state index >= 15 is 0 Å². The topological polar surface area (TPSA) is 58.2 Å². The Kier molecular flexibility index (Phi) is 4.74. The lowest BCUT2D eigenvalue weighted by Crippen LogP contribution is -2.47. The second-order valence-electron chi connectivity index (χ2n) is 5.74. The van der Waals surface area contributed by atoms with Crippen molar-refractivity contribution in [2.45, 2.75) is 55.6 Å². The zero-order valence-corrected chi connectivity index (χ0v) is 13.1. The fourth-order valence-corrected chi connectivity index (χ4v) is 4.59. The lowest BCUT2D eigenvalue weighted by atomic mass is 10.0. The minimum absolute atomic E-state index is 0. The van der Waals surface area contributed by atoms with E-state index in [9.17, 15) is 8.42 Å². The van der Waals surface area contributed by atoms with E-state index in [1.54, 1.807) is 18.2 Å². The lowest BCUT2D eigenvalue weighted by molar-refractivity contribution is 0.345. The van der Waals surface area contributed by atoms with Gasteiger partial charge in [0.1, 0.15) is 0 Å². The summed E-state index contributed by atoms with van der Waals surface area (Å²) in [4.78, 5) is 0.373. The molecule has 0 saturated carbocycles. The van der Waals surface area contributed by atoms with Gasteiger partial charge in [0.25, 0.3) is 0 Å². The molecule has 2 atom stereocenters. The average Bonchev–Trinajstić information content (AvgIpc) is 2.68. The Morgan fingerprint density at radius 3 is 2.45 bits per heavy atom. The number of hydrogen-bond acceptors (Lipinski definition) is 3. The van der Waals surface area contributed by atoms with Crippen molar-refractivity contribution in [3.8, 4) is 0 Å². The predicted molar refractivity (Wildman–Crippen MR) is 81.7 cm³/mol. The van der Waals surface area contributed by atoms with Crippen LogP contribution in [0.5, 0.6) is 0 Å². The molecular weight excluding hydrogens is 296 g/mol. The van der Waals surface area contributed by atoms with Crippen LogP contribution in [0.2, 0.25) is 0 Å². The molecule has 2 aliphatic rings. The summed E-state index contributed by atoms with van der Waals surface area (Å²) >= 11 is 0. The summed E-state index contributed by atoms with van der Waals surface area (Å²) in [7, 11) is -3.38. The molecule has 0 spiro atoms. The molecule has 2 unspecified atom stereocenters. The maximum Gasteiger partial charge on any atom is 0.240 e. The molecule has 4 nitrogen and oxygen atoms in total. The van der Waals surface area contributed by atoms with Gasteiger partial charge in [-0.05, 0) is 50.3 Å². The molecule has 112 valence electrons. The van der Waals surface area contributed by atoms with Gasteiger partial charge in [-0.25, -0.2) is 13.1 Å². The first-order valence-electron chi connectivity index (χ1n) is 6.88. The highest BCUT2D eigenvalue weighted by atomic mass is 35.5. The normalized spacial score (nSPS) is 28.9. The van der Waals surface area contributed by atoms with Crippen LogP contribution in [0, 0.1) is 6.92 Å².